The smallest absolute Gasteiger partial charge is 0.171 e. The maximum Gasteiger partial charge on any atom is 0.171 e. The second-order valence-corrected chi connectivity index (χ2v) is 6.63. The van der Waals surface area contributed by atoms with Crippen molar-refractivity contribution in [3.8, 4) is 5.75 Å². The topological polar surface area (TPSA) is 33.3 Å². The largest absolute Gasteiger partial charge is 0.497 e. The molecule has 3 rings (SSSR count). The van der Waals surface area contributed by atoms with Gasteiger partial charge in [-0.25, -0.2) is 0 Å². The Balaban J connectivity index is 1.83. The van der Waals surface area contributed by atoms with Crippen molar-refractivity contribution < 1.29 is 4.74 Å². The minimum absolute atomic E-state index is 0.0501. The summed E-state index contributed by atoms with van der Waals surface area (Å²) >= 11 is 5.62. The fourth-order valence-electron chi connectivity index (χ4n) is 3.04. The lowest BCUT2D eigenvalue weighted by Gasteiger charge is -2.23. The number of para-hydroxylation sites is 1. The van der Waals surface area contributed by atoms with Crippen LogP contribution in [-0.2, 0) is 6.42 Å². The molecule has 3 aromatic carbocycles. The minimum atomic E-state index is -0.0501. The molecule has 0 aliphatic heterocycles. The molecule has 0 saturated carbocycles. The van der Waals surface area contributed by atoms with Gasteiger partial charge >= 0.3 is 0 Å². The van der Waals surface area contributed by atoms with Gasteiger partial charge < -0.3 is 15.4 Å². The molecule has 138 valence electrons. The zero-order valence-corrected chi connectivity index (χ0v) is 16.4. The van der Waals surface area contributed by atoms with Gasteiger partial charge in [0.2, 0.25) is 0 Å². The highest BCUT2D eigenvalue weighted by atomic mass is 32.1. The average Bonchev–Trinajstić information content (AvgIpc) is 2.73. The molecule has 27 heavy (non-hydrogen) atoms. The van der Waals surface area contributed by atoms with Crippen LogP contribution in [0.4, 0.5) is 5.69 Å². The van der Waals surface area contributed by atoms with E-state index in [0.717, 1.165) is 29.0 Å². The monoisotopic (exact) mass is 376 g/mol. The predicted octanol–water partition coefficient (Wildman–Crippen LogP) is 5.33. The molecule has 1 atom stereocenters. The molecule has 3 nitrogen and oxygen atoms in total. The maximum absolute atomic E-state index is 5.62. The van der Waals surface area contributed by atoms with Crippen LogP contribution >= 0.6 is 12.2 Å². The van der Waals surface area contributed by atoms with Crippen LogP contribution < -0.4 is 15.4 Å². The van der Waals surface area contributed by atoms with E-state index in [1.54, 1.807) is 7.11 Å². The van der Waals surface area contributed by atoms with Crippen LogP contribution in [0.1, 0.15) is 29.7 Å². The van der Waals surface area contributed by atoms with E-state index >= 15 is 0 Å². The third kappa shape index (κ3) is 4.86. The van der Waals surface area contributed by atoms with Crippen LogP contribution in [0, 0.1) is 0 Å². The number of hydrogen-bond acceptors (Lipinski definition) is 2. The Morgan fingerprint density at radius 3 is 2.19 bits per heavy atom. The zero-order chi connectivity index (χ0) is 19.1. The van der Waals surface area contributed by atoms with Crippen molar-refractivity contribution in [3.63, 3.8) is 0 Å². The normalized spacial score (nSPS) is 11.5. The number of rotatable bonds is 6. The molecule has 0 aromatic heterocycles. The lowest BCUT2D eigenvalue weighted by atomic mass is 9.99. The van der Waals surface area contributed by atoms with E-state index in [4.69, 9.17) is 17.0 Å². The molecule has 0 saturated heterocycles. The van der Waals surface area contributed by atoms with Gasteiger partial charge in [-0.3, -0.25) is 0 Å². The molecule has 0 aliphatic carbocycles. The van der Waals surface area contributed by atoms with Crippen LogP contribution in [-0.4, -0.2) is 12.2 Å². The lowest BCUT2D eigenvalue weighted by Crippen LogP contribution is -2.33. The van der Waals surface area contributed by atoms with E-state index in [0.29, 0.717) is 5.11 Å². The van der Waals surface area contributed by atoms with Crippen molar-refractivity contribution >= 4 is 23.0 Å². The summed E-state index contributed by atoms with van der Waals surface area (Å²) in [6.45, 7) is 2.14. The molecular weight excluding hydrogens is 352 g/mol. The number of anilines is 1. The number of benzene rings is 3. The van der Waals surface area contributed by atoms with E-state index in [1.807, 2.05) is 42.5 Å². The van der Waals surface area contributed by atoms with Crippen LogP contribution in [0.2, 0.25) is 0 Å². The Bertz CT molecular complexity index is 878. The number of aryl methyl sites for hydroxylation is 1. The van der Waals surface area contributed by atoms with Crippen molar-refractivity contribution in [1.29, 1.82) is 0 Å². The van der Waals surface area contributed by atoms with Gasteiger partial charge in [-0.15, -0.1) is 0 Å². The number of ether oxygens (including phenoxy) is 1. The highest BCUT2D eigenvalue weighted by Gasteiger charge is 2.15. The first kappa shape index (κ1) is 18.9. The van der Waals surface area contributed by atoms with Crippen molar-refractivity contribution in [1.82, 2.24) is 5.32 Å². The summed E-state index contributed by atoms with van der Waals surface area (Å²) in [6, 6.07) is 26.5. The SMILES string of the molecule is CCc1ccccc1NC(=S)N[C@@H](c1ccccc1)c1ccc(OC)cc1. The molecule has 0 spiro atoms. The molecule has 0 fully saturated rings. The van der Waals surface area contributed by atoms with Crippen LogP contribution in [0.25, 0.3) is 0 Å². The molecule has 0 bridgehead atoms. The molecule has 0 aliphatic rings. The molecule has 0 amide bonds. The third-order valence-corrected chi connectivity index (χ3v) is 4.72. The predicted molar refractivity (Wildman–Crippen MR) is 116 cm³/mol. The minimum Gasteiger partial charge on any atom is -0.497 e. The van der Waals surface area contributed by atoms with Gasteiger partial charge in [0.15, 0.2) is 5.11 Å². The highest BCUT2D eigenvalue weighted by molar-refractivity contribution is 7.80. The standard InChI is InChI=1S/C23H24N2OS/c1-3-17-9-7-8-12-21(17)24-23(27)25-22(18-10-5-4-6-11-18)19-13-15-20(26-2)16-14-19/h4-16,22H,3H2,1-2H3,(H2,24,25,27)/t22-/m0/s1. The summed E-state index contributed by atoms with van der Waals surface area (Å²) in [7, 11) is 1.67. The molecule has 0 radical (unpaired) electrons. The van der Waals surface area contributed by atoms with Crippen molar-refractivity contribution in [2.24, 2.45) is 0 Å². The summed E-state index contributed by atoms with van der Waals surface area (Å²) < 4.78 is 5.28. The summed E-state index contributed by atoms with van der Waals surface area (Å²) in [6.07, 6.45) is 0.951. The van der Waals surface area contributed by atoms with Crippen LogP contribution in [0.3, 0.4) is 0 Å². The first-order chi connectivity index (χ1) is 13.2. The van der Waals surface area contributed by atoms with Gasteiger partial charge in [-0.2, -0.15) is 0 Å². The summed E-state index contributed by atoms with van der Waals surface area (Å²) in [5.41, 5.74) is 4.55. The van der Waals surface area contributed by atoms with Gasteiger partial charge in [0.05, 0.1) is 13.2 Å². The Labute approximate surface area is 166 Å². The summed E-state index contributed by atoms with van der Waals surface area (Å²) in [5.74, 6) is 0.836. The molecular formula is C23H24N2OS. The number of thiocarbonyl (C=S) groups is 1. The summed E-state index contributed by atoms with van der Waals surface area (Å²) in [5, 5.41) is 7.41. The molecule has 3 aromatic rings. The van der Waals surface area contributed by atoms with Gasteiger partial charge in [-0.1, -0.05) is 67.6 Å². The van der Waals surface area contributed by atoms with Crippen molar-refractivity contribution in [3.05, 3.63) is 95.6 Å². The van der Waals surface area contributed by atoms with Gasteiger partial charge in [-0.05, 0) is 53.5 Å². The number of hydrogen-bond donors (Lipinski definition) is 2. The molecule has 2 N–H and O–H groups in total. The lowest BCUT2D eigenvalue weighted by molar-refractivity contribution is 0.414. The fourth-order valence-corrected chi connectivity index (χ4v) is 3.27. The highest BCUT2D eigenvalue weighted by Crippen LogP contribution is 2.24. The molecule has 4 heteroatoms. The van der Waals surface area contributed by atoms with E-state index in [9.17, 15) is 0 Å². The zero-order valence-electron chi connectivity index (χ0n) is 15.6. The number of methoxy groups -OCH3 is 1. The Morgan fingerprint density at radius 1 is 0.889 bits per heavy atom. The van der Waals surface area contributed by atoms with E-state index < -0.39 is 0 Å². The van der Waals surface area contributed by atoms with E-state index in [2.05, 4.69) is 54.0 Å². The Hall–Kier alpha value is -2.85. The van der Waals surface area contributed by atoms with Gasteiger partial charge in [0.25, 0.3) is 0 Å². The van der Waals surface area contributed by atoms with Gasteiger partial charge in [0, 0.05) is 5.69 Å². The first-order valence-electron chi connectivity index (χ1n) is 9.05. The molecule has 0 unspecified atom stereocenters. The van der Waals surface area contributed by atoms with Gasteiger partial charge in [0.1, 0.15) is 5.75 Å². The fraction of sp³-hybridized carbons (Fsp3) is 0.174. The van der Waals surface area contributed by atoms with E-state index in [1.165, 1.54) is 5.56 Å². The third-order valence-electron chi connectivity index (χ3n) is 4.50. The second-order valence-electron chi connectivity index (χ2n) is 6.23. The Kier molecular flexibility index (Phi) is 6.44. The number of nitrogens with one attached hydrogen (secondary N) is 2. The average molecular weight is 377 g/mol. The van der Waals surface area contributed by atoms with Crippen LogP contribution in [0.15, 0.2) is 78.9 Å². The first-order valence-corrected chi connectivity index (χ1v) is 9.46. The van der Waals surface area contributed by atoms with Crippen LogP contribution in [0.5, 0.6) is 5.75 Å². The van der Waals surface area contributed by atoms with Crippen molar-refractivity contribution in [2.75, 3.05) is 12.4 Å². The summed E-state index contributed by atoms with van der Waals surface area (Å²) in [4.78, 5) is 0. The quantitative estimate of drug-likeness (QED) is 0.570. The second kappa shape index (κ2) is 9.19. The molecule has 0 heterocycles. The Morgan fingerprint density at radius 2 is 1.52 bits per heavy atom. The maximum atomic E-state index is 5.62. The van der Waals surface area contributed by atoms with Crippen molar-refractivity contribution in [2.45, 2.75) is 19.4 Å². The van der Waals surface area contributed by atoms with E-state index in [-0.39, 0.29) is 6.04 Å².